The molecule has 0 amide bonds. The fourth-order valence-corrected chi connectivity index (χ4v) is 2.25. The van der Waals surface area contributed by atoms with Gasteiger partial charge in [0.15, 0.2) is 0 Å². The molecule has 0 unspecified atom stereocenters. The number of halogens is 1. The monoisotopic (exact) mass is 350 g/mol. The molecule has 0 spiro atoms. The Bertz CT molecular complexity index is 631. The molecule has 0 bridgehead atoms. The minimum Gasteiger partial charge on any atom is -0.370 e. The summed E-state index contributed by atoms with van der Waals surface area (Å²) in [7, 11) is 0. The second-order valence-corrected chi connectivity index (χ2v) is 5.26. The van der Waals surface area contributed by atoms with Gasteiger partial charge in [-0.25, -0.2) is 9.97 Å². The summed E-state index contributed by atoms with van der Waals surface area (Å²) in [6, 6.07) is 8.41. The number of hydrogen-bond donors (Lipinski definition) is 1. The maximum Gasteiger partial charge on any atom is 0.269 e. The third-order valence-corrected chi connectivity index (χ3v) is 3.33. The zero-order chi connectivity index (χ0) is 15.2. The number of aryl methyl sites for hydroxylation is 1. The minimum absolute atomic E-state index is 0.110. The summed E-state index contributed by atoms with van der Waals surface area (Å²) in [5.74, 6) is 1.55. The molecule has 0 saturated heterocycles. The van der Waals surface area contributed by atoms with Gasteiger partial charge in [-0.05, 0) is 27.9 Å². The van der Waals surface area contributed by atoms with Crippen LogP contribution in [0.15, 0.2) is 34.9 Å². The Balaban J connectivity index is 1.92. The molecule has 0 fully saturated rings. The molecule has 21 heavy (non-hydrogen) atoms. The van der Waals surface area contributed by atoms with Crippen molar-refractivity contribution in [3.8, 4) is 0 Å². The number of nitrogens with zero attached hydrogens (tertiary/aromatic N) is 3. The summed E-state index contributed by atoms with van der Waals surface area (Å²) in [4.78, 5) is 18.8. The number of hydrogen-bond acceptors (Lipinski definition) is 5. The molecule has 1 aromatic heterocycles. The number of aromatic nitrogens is 2. The van der Waals surface area contributed by atoms with Gasteiger partial charge in [0.05, 0.1) is 4.92 Å². The molecule has 2 rings (SSSR count). The normalized spacial score (nSPS) is 10.4. The zero-order valence-electron chi connectivity index (χ0n) is 11.5. The van der Waals surface area contributed by atoms with Crippen molar-refractivity contribution in [2.45, 2.75) is 19.8 Å². The lowest BCUT2D eigenvalue weighted by Crippen LogP contribution is -2.08. The lowest BCUT2D eigenvalue weighted by molar-refractivity contribution is -0.384. The van der Waals surface area contributed by atoms with Crippen LogP contribution in [0.2, 0.25) is 0 Å². The van der Waals surface area contributed by atoms with Crippen LogP contribution in [0.5, 0.6) is 0 Å². The van der Waals surface area contributed by atoms with Crippen molar-refractivity contribution in [3.63, 3.8) is 0 Å². The van der Waals surface area contributed by atoms with Gasteiger partial charge in [-0.15, -0.1) is 0 Å². The number of nitro benzene ring substituents is 1. The van der Waals surface area contributed by atoms with Gasteiger partial charge in [-0.2, -0.15) is 0 Å². The molecule has 110 valence electrons. The van der Waals surface area contributed by atoms with Gasteiger partial charge in [-0.3, -0.25) is 10.1 Å². The van der Waals surface area contributed by atoms with Crippen LogP contribution in [-0.2, 0) is 12.8 Å². The summed E-state index contributed by atoms with van der Waals surface area (Å²) in [5, 5.41) is 13.8. The van der Waals surface area contributed by atoms with E-state index in [2.05, 4.69) is 31.2 Å². The Hall–Kier alpha value is -2.02. The van der Waals surface area contributed by atoms with E-state index in [1.807, 2.05) is 13.0 Å². The summed E-state index contributed by atoms with van der Waals surface area (Å²) in [5.41, 5.74) is 1.15. The number of nitrogens with one attached hydrogen (secondary N) is 1. The van der Waals surface area contributed by atoms with Crippen LogP contribution < -0.4 is 5.32 Å². The Labute approximate surface area is 130 Å². The van der Waals surface area contributed by atoms with E-state index in [0.29, 0.717) is 6.54 Å². The molecule has 1 heterocycles. The molecule has 0 aliphatic heterocycles. The fourth-order valence-electron chi connectivity index (χ4n) is 1.83. The first-order valence-electron chi connectivity index (χ1n) is 6.59. The molecule has 1 aromatic carbocycles. The van der Waals surface area contributed by atoms with Gasteiger partial charge in [0.25, 0.3) is 5.69 Å². The van der Waals surface area contributed by atoms with Crippen LogP contribution in [0, 0.1) is 10.1 Å². The predicted molar refractivity (Wildman–Crippen MR) is 84.4 cm³/mol. The molecule has 0 aliphatic rings. The molecule has 0 aliphatic carbocycles. The van der Waals surface area contributed by atoms with Crippen LogP contribution in [0.1, 0.15) is 18.3 Å². The van der Waals surface area contributed by atoms with Crippen molar-refractivity contribution < 1.29 is 4.92 Å². The molecule has 0 radical (unpaired) electrons. The molecule has 6 nitrogen and oxygen atoms in total. The highest BCUT2D eigenvalue weighted by molar-refractivity contribution is 9.10. The van der Waals surface area contributed by atoms with Crippen LogP contribution in [0.25, 0.3) is 0 Å². The maximum atomic E-state index is 10.6. The molecular weight excluding hydrogens is 336 g/mol. The van der Waals surface area contributed by atoms with Crippen LogP contribution in [0.4, 0.5) is 11.5 Å². The van der Waals surface area contributed by atoms with E-state index >= 15 is 0 Å². The van der Waals surface area contributed by atoms with Crippen molar-refractivity contribution in [2.75, 3.05) is 11.9 Å². The third kappa shape index (κ3) is 4.49. The summed E-state index contributed by atoms with van der Waals surface area (Å²) >= 11 is 3.36. The van der Waals surface area contributed by atoms with Crippen molar-refractivity contribution in [1.29, 1.82) is 0 Å². The average molecular weight is 351 g/mol. The number of anilines is 1. The highest BCUT2D eigenvalue weighted by atomic mass is 79.9. The quantitative estimate of drug-likeness (QED) is 0.490. The molecule has 0 saturated carbocycles. The zero-order valence-corrected chi connectivity index (χ0v) is 13.1. The topological polar surface area (TPSA) is 81.0 Å². The van der Waals surface area contributed by atoms with Crippen molar-refractivity contribution in [2.24, 2.45) is 0 Å². The van der Waals surface area contributed by atoms with Gasteiger partial charge >= 0.3 is 0 Å². The lowest BCUT2D eigenvalue weighted by Gasteiger charge is -2.07. The Morgan fingerprint density at radius 1 is 1.29 bits per heavy atom. The first-order chi connectivity index (χ1) is 10.1. The first kappa shape index (κ1) is 15.4. The molecule has 2 aromatic rings. The highest BCUT2D eigenvalue weighted by Crippen LogP contribution is 2.14. The SMILES string of the molecule is CCc1nc(Br)cc(NCCc2ccc([N+](=O)[O-])cc2)n1. The summed E-state index contributed by atoms with van der Waals surface area (Å²) in [6.07, 6.45) is 1.54. The standard InChI is InChI=1S/C14H15BrN4O2/c1-2-13-17-12(15)9-14(18-13)16-8-7-10-3-5-11(6-4-10)19(20)21/h3-6,9H,2,7-8H2,1H3,(H,16,17,18). The summed E-state index contributed by atoms with van der Waals surface area (Å²) in [6.45, 7) is 2.70. The van der Waals surface area contributed by atoms with E-state index in [0.717, 1.165) is 34.7 Å². The fraction of sp³-hybridized carbons (Fsp3) is 0.286. The maximum absolute atomic E-state index is 10.6. The predicted octanol–water partition coefficient (Wildman–Crippen LogP) is 3.36. The van der Waals surface area contributed by atoms with E-state index in [1.165, 1.54) is 12.1 Å². The highest BCUT2D eigenvalue weighted by Gasteiger charge is 2.04. The van der Waals surface area contributed by atoms with Gasteiger partial charge in [-0.1, -0.05) is 19.1 Å². The smallest absolute Gasteiger partial charge is 0.269 e. The van der Waals surface area contributed by atoms with E-state index in [9.17, 15) is 10.1 Å². The molecular formula is C14H15BrN4O2. The Morgan fingerprint density at radius 3 is 2.62 bits per heavy atom. The summed E-state index contributed by atoms with van der Waals surface area (Å²) < 4.78 is 0.757. The van der Waals surface area contributed by atoms with Crippen LogP contribution in [0.3, 0.4) is 0 Å². The van der Waals surface area contributed by atoms with Gasteiger partial charge in [0.2, 0.25) is 0 Å². The van der Waals surface area contributed by atoms with Gasteiger partial charge < -0.3 is 5.32 Å². The van der Waals surface area contributed by atoms with Crippen LogP contribution in [-0.4, -0.2) is 21.4 Å². The van der Waals surface area contributed by atoms with Crippen molar-refractivity contribution in [1.82, 2.24) is 9.97 Å². The Morgan fingerprint density at radius 2 is 2.00 bits per heavy atom. The number of nitro groups is 1. The Kier molecular flexibility index (Phi) is 5.21. The van der Waals surface area contributed by atoms with E-state index < -0.39 is 4.92 Å². The average Bonchev–Trinajstić information content (AvgIpc) is 2.47. The first-order valence-corrected chi connectivity index (χ1v) is 7.38. The van der Waals surface area contributed by atoms with E-state index in [-0.39, 0.29) is 5.69 Å². The largest absolute Gasteiger partial charge is 0.370 e. The van der Waals surface area contributed by atoms with Crippen LogP contribution >= 0.6 is 15.9 Å². The molecule has 7 heteroatoms. The van der Waals surface area contributed by atoms with E-state index in [1.54, 1.807) is 12.1 Å². The molecule has 1 N–H and O–H groups in total. The number of benzene rings is 1. The second kappa shape index (κ2) is 7.12. The van der Waals surface area contributed by atoms with Crippen molar-refractivity contribution >= 4 is 27.4 Å². The van der Waals surface area contributed by atoms with Gasteiger partial charge in [0, 0.05) is 31.2 Å². The number of rotatable bonds is 6. The van der Waals surface area contributed by atoms with E-state index in [4.69, 9.17) is 0 Å². The molecule has 0 atom stereocenters. The number of non-ortho nitro benzene ring substituents is 1. The van der Waals surface area contributed by atoms with Gasteiger partial charge in [0.1, 0.15) is 16.2 Å². The lowest BCUT2D eigenvalue weighted by atomic mass is 10.1. The minimum atomic E-state index is -0.396. The second-order valence-electron chi connectivity index (χ2n) is 4.45. The third-order valence-electron chi connectivity index (χ3n) is 2.92. The van der Waals surface area contributed by atoms with Crippen molar-refractivity contribution in [3.05, 3.63) is 56.4 Å².